The van der Waals surface area contributed by atoms with Gasteiger partial charge in [0, 0.05) is 0 Å². The molecule has 0 aliphatic heterocycles. The maximum atomic E-state index is 9.68. The van der Waals surface area contributed by atoms with Crippen molar-refractivity contribution in [2.75, 3.05) is 0 Å². The third-order valence-electron chi connectivity index (χ3n) is 5.90. The lowest BCUT2D eigenvalue weighted by Crippen LogP contribution is -2.29. The second kappa shape index (κ2) is 4.37. The number of rotatable bonds is 1. The molecule has 2 atom stereocenters. The van der Waals surface area contributed by atoms with Crippen LogP contribution in [0.5, 0.6) is 5.75 Å². The summed E-state index contributed by atoms with van der Waals surface area (Å²) in [5.74, 6) is 1.01. The Hall–Kier alpha value is -1.76. The highest BCUT2D eigenvalue weighted by Crippen LogP contribution is 2.57. The predicted octanol–water partition coefficient (Wildman–Crippen LogP) is 5.32. The molecule has 0 spiro atoms. The maximum Gasteiger partial charge on any atom is 0.116 e. The van der Waals surface area contributed by atoms with Crippen molar-refractivity contribution in [3.05, 3.63) is 53.1 Å². The van der Waals surface area contributed by atoms with E-state index in [2.05, 4.69) is 38.1 Å². The summed E-state index contributed by atoms with van der Waals surface area (Å²) < 4.78 is 0. The minimum atomic E-state index is 0.360. The standard InChI is InChI=1S/C20H22O/c1-3-14-5-9-19-18-7-4-13-12-15(21)6-8-16(13)17(18)10-11-20(14,19)2/h4-8,12,19,21H,3,9-11H2,1-2H3/t19-,20+/m0/s1. The van der Waals surface area contributed by atoms with E-state index in [4.69, 9.17) is 0 Å². The number of benzene rings is 2. The third kappa shape index (κ3) is 1.70. The number of fused-ring (bicyclic) bond motifs is 5. The van der Waals surface area contributed by atoms with Crippen molar-refractivity contribution in [1.29, 1.82) is 0 Å². The third-order valence-corrected chi connectivity index (χ3v) is 5.90. The number of hydrogen-bond acceptors (Lipinski definition) is 1. The van der Waals surface area contributed by atoms with Gasteiger partial charge in [0.2, 0.25) is 0 Å². The molecule has 2 aliphatic rings. The molecular formula is C20H22O. The minimum Gasteiger partial charge on any atom is -0.508 e. The Morgan fingerprint density at radius 3 is 2.90 bits per heavy atom. The molecule has 0 heterocycles. The molecule has 0 radical (unpaired) electrons. The first-order chi connectivity index (χ1) is 10.1. The SMILES string of the molecule is CCC1=CC[C@H]2c3ccc4cc(O)ccc4c3CC[C@]12C. The molecule has 0 bridgehead atoms. The van der Waals surface area contributed by atoms with E-state index in [1.807, 2.05) is 12.1 Å². The van der Waals surface area contributed by atoms with E-state index < -0.39 is 0 Å². The van der Waals surface area contributed by atoms with Gasteiger partial charge in [-0.3, -0.25) is 0 Å². The van der Waals surface area contributed by atoms with Crippen LogP contribution in [0.15, 0.2) is 42.0 Å². The summed E-state index contributed by atoms with van der Waals surface area (Å²) >= 11 is 0. The normalized spacial score (nSPS) is 27.3. The van der Waals surface area contributed by atoms with Crippen LogP contribution in [0, 0.1) is 5.41 Å². The molecular weight excluding hydrogens is 256 g/mol. The molecule has 108 valence electrons. The average Bonchev–Trinajstić information content (AvgIpc) is 2.83. The number of aryl methyl sites for hydroxylation is 1. The summed E-state index contributed by atoms with van der Waals surface area (Å²) in [5, 5.41) is 12.2. The molecule has 21 heavy (non-hydrogen) atoms. The van der Waals surface area contributed by atoms with E-state index in [0.717, 1.165) is 6.42 Å². The van der Waals surface area contributed by atoms with Crippen LogP contribution < -0.4 is 0 Å². The Labute approximate surface area is 126 Å². The van der Waals surface area contributed by atoms with Gasteiger partial charge in [-0.15, -0.1) is 0 Å². The second-order valence-electron chi connectivity index (χ2n) is 6.83. The van der Waals surface area contributed by atoms with Crippen molar-refractivity contribution in [2.45, 2.75) is 45.4 Å². The summed E-state index contributed by atoms with van der Waals surface area (Å²) in [6.45, 7) is 4.75. The van der Waals surface area contributed by atoms with Crippen molar-refractivity contribution in [1.82, 2.24) is 0 Å². The molecule has 0 unspecified atom stereocenters. The lowest BCUT2D eigenvalue weighted by Gasteiger charge is -2.41. The molecule has 1 nitrogen and oxygen atoms in total. The molecule has 4 rings (SSSR count). The predicted molar refractivity (Wildman–Crippen MR) is 87.8 cm³/mol. The van der Waals surface area contributed by atoms with Crippen LogP contribution in [0.4, 0.5) is 0 Å². The summed E-state index contributed by atoms with van der Waals surface area (Å²) in [7, 11) is 0. The van der Waals surface area contributed by atoms with Gasteiger partial charge in [0.25, 0.3) is 0 Å². The van der Waals surface area contributed by atoms with Gasteiger partial charge in [0.05, 0.1) is 0 Å². The lowest BCUT2D eigenvalue weighted by molar-refractivity contribution is 0.288. The highest BCUT2D eigenvalue weighted by Gasteiger charge is 2.44. The van der Waals surface area contributed by atoms with Crippen molar-refractivity contribution < 1.29 is 5.11 Å². The maximum absolute atomic E-state index is 9.68. The Morgan fingerprint density at radius 1 is 1.24 bits per heavy atom. The number of hydrogen-bond donors (Lipinski definition) is 1. The fraction of sp³-hybridized carbons (Fsp3) is 0.400. The van der Waals surface area contributed by atoms with Gasteiger partial charge < -0.3 is 5.11 Å². The Balaban J connectivity index is 1.89. The average molecular weight is 278 g/mol. The van der Waals surface area contributed by atoms with Gasteiger partial charge in [-0.25, -0.2) is 0 Å². The molecule has 0 saturated carbocycles. The van der Waals surface area contributed by atoms with Crippen molar-refractivity contribution in [2.24, 2.45) is 5.41 Å². The fourth-order valence-electron chi connectivity index (χ4n) is 4.72. The first kappa shape index (κ1) is 12.9. The largest absolute Gasteiger partial charge is 0.508 e. The van der Waals surface area contributed by atoms with Gasteiger partial charge in [-0.1, -0.05) is 43.7 Å². The zero-order valence-corrected chi connectivity index (χ0v) is 12.8. The Morgan fingerprint density at radius 2 is 2.10 bits per heavy atom. The summed E-state index contributed by atoms with van der Waals surface area (Å²) in [6.07, 6.45) is 7.27. The Kier molecular flexibility index (Phi) is 2.69. The van der Waals surface area contributed by atoms with Crippen LogP contribution in [0.3, 0.4) is 0 Å². The fourth-order valence-corrected chi connectivity index (χ4v) is 4.72. The topological polar surface area (TPSA) is 20.2 Å². The molecule has 2 aromatic rings. The van der Waals surface area contributed by atoms with E-state index in [0.29, 0.717) is 17.1 Å². The lowest BCUT2D eigenvalue weighted by atomic mass is 9.63. The van der Waals surface area contributed by atoms with Gasteiger partial charge in [0.1, 0.15) is 5.75 Å². The van der Waals surface area contributed by atoms with Crippen LogP contribution in [-0.2, 0) is 6.42 Å². The van der Waals surface area contributed by atoms with E-state index >= 15 is 0 Å². The number of phenolic OH excluding ortho intramolecular Hbond substituents is 1. The van der Waals surface area contributed by atoms with Gasteiger partial charge in [-0.2, -0.15) is 0 Å². The van der Waals surface area contributed by atoms with E-state index in [9.17, 15) is 5.11 Å². The highest BCUT2D eigenvalue weighted by atomic mass is 16.3. The molecule has 2 aromatic carbocycles. The van der Waals surface area contributed by atoms with Crippen molar-refractivity contribution >= 4 is 10.8 Å². The monoisotopic (exact) mass is 278 g/mol. The van der Waals surface area contributed by atoms with E-state index in [-0.39, 0.29) is 0 Å². The smallest absolute Gasteiger partial charge is 0.116 e. The van der Waals surface area contributed by atoms with Crippen molar-refractivity contribution in [3.63, 3.8) is 0 Å². The van der Waals surface area contributed by atoms with Crippen LogP contribution in [0.2, 0.25) is 0 Å². The van der Waals surface area contributed by atoms with Crippen molar-refractivity contribution in [3.8, 4) is 5.75 Å². The quantitative estimate of drug-likeness (QED) is 0.700. The van der Waals surface area contributed by atoms with E-state index in [1.54, 1.807) is 11.1 Å². The second-order valence-corrected chi connectivity index (χ2v) is 6.83. The molecule has 0 aromatic heterocycles. The molecule has 0 saturated heterocycles. The summed E-state index contributed by atoms with van der Waals surface area (Å²) in [5.41, 5.74) is 5.08. The Bertz CT molecular complexity index is 756. The summed E-state index contributed by atoms with van der Waals surface area (Å²) in [4.78, 5) is 0. The molecule has 0 fully saturated rings. The first-order valence-electron chi connectivity index (χ1n) is 8.07. The number of aromatic hydroxyl groups is 1. The van der Waals surface area contributed by atoms with Crippen LogP contribution in [0.1, 0.15) is 50.2 Å². The minimum absolute atomic E-state index is 0.360. The molecule has 0 amide bonds. The summed E-state index contributed by atoms with van der Waals surface area (Å²) in [6, 6.07) is 10.3. The van der Waals surface area contributed by atoms with E-state index in [1.165, 1.54) is 35.6 Å². The number of phenols is 1. The van der Waals surface area contributed by atoms with Crippen LogP contribution >= 0.6 is 0 Å². The van der Waals surface area contributed by atoms with Gasteiger partial charge >= 0.3 is 0 Å². The molecule has 1 heteroatoms. The number of allylic oxidation sites excluding steroid dienone is 2. The zero-order valence-electron chi connectivity index (χ0n) is 12.8. The molecule has 1 N–H and O–H groups in total. The molecule has 2 aliphatic carbocycles. The van der Waals surface area contributed by atoms with Gasteiger partial charge in [0.15, 0.2) is 0 Å². The first-order valence-corrected chi connectivity index (χ1v) is 8.07. The van der Waals surface area contributed by atoms with Crippen LogP contribution in [0.25, 0.3) is 10.8 Å². The highest BCUT2D eigenvalue weighted by molar-refractivity contribution is 5.88. The zero-order chi connectivity index (χ0) is 14.6. The van der Waals surface area contributed by atoms with Crippen LogP contribution in [-0.4, -0.2) is 5.11 Å². The van der Waals surface area contributed by atoms with Gasteiger partial charge in [-0.05, 0) is 71.0 Å².